The fourth-order valence-electron chi connectivity index (χ4n) is 6.57. The molecule has 1 amide bonds. The second-order valence-electron chi connectivity index (χ2n) is 11.9. The number of anilines is 2. The standard InChI is InChI=1S/C34H44N4O4S/c1-2-35-16-12-27(13-17-35)34(40)42-25-38-31-24-28(10-8-26(31)9-11-33(38)39)41-22-4-3-15-36-18-20-37(21-19-36)30-6-5-7-32-29(30)14-23-43-32/h5-8,10,14,23-24,27H,2-4,9,11-13,15-22,25H2,1H3. The zero-order valence-electron chi connectivity index (χ0n) is 25.3. The third-order valence-electron chi connectivity index (χ3n) is 9.28. The van der Waals surface area contributed by atoms with E-state index in [1.165, 1.54) is 15.8 Å². The summed E-state index contributed by atoms with van der Waals surface area (Å²) >= 11 is 1.81. The number of carbonyl (C=O) groups excluding carboxylic acids is 2. The summed E-state index contributed by atoms with van der Waals surface area (Å²) in [6.45, 7) is 11.0. The summed E-state index contributed by atoms with van der Waals surface area (Å²) < 4.78 is 13.2. The van der Waals surface area contributed by atoms with Gasteiger partial charge in [0.15, 0.2) is 6.73 Å². The van der Waals surface area contributed by atoms with Crippen molar-refractivity contribution in [3.63, 3.8) is 0 Å². The van der Waals surface area contributed by atoms with E-state index in [0.717, 1.165) is 95.0 Å². The van der Waals surface area contributed by atoms with E-state index in [0.29, 0.717) is 19.4 Å². The van der Waals surface area contributed by atoms with Crippen LogP contribution in [0.3, 0.4) is 0 Å². The number of amides is 1. The Morgan fingerprint density at radius 1 is 0.930 bits per heavy atom. The molecule has 6 rings (SSSR count). The van der Waals surface area contributed by atoms with E-state index in [-0.39, 0.29) is 24.5 Å². The lowest BCUT2D eigenvalue weighted by atomic mass is 9.97. The van der Waals surface area contributed by atoms with Crippen molar-refractivity contribution in [2.24, 2.45) is 5.92 Å². The average molecular weight is 605 g/mol. The minimum atomic E-state index is -0.190. The molecule has 2 aromatic carbocycles. The first-order chi connectivity index (χ1) is 21.1. The van der Waals surface area contributed by atoms with Crippen LogP contribution in [-0.2, 0) is 20.7 Å². The van der Waals surface area contributed by atoms with Crippen LogP contribution in [0.4, 0.5) is 11.4 Å². The van der Waals surface area contributed by atoms with Crippen molar-refractivity contribution in [2.45, 2.75) is 45.4 Å². The van der Waals surface area contributed by atoms with Crippen LogP contribution in [0.5, 0.6) is 5.75 Å². The minimum absolute atomic E-state index is 0.00893. The quantitative estimate of drug-likeness (QED) is 0.215. The third kappa shape index (κ3) is 7.16. The number of rotatable bonds is 11. The number of carbonyl (C=O) groups is 2. The number of piperazine rings is 1. The van der Waals surface area contributed by atoms with Gasteiger partial charge in [-0.25, -0.2) is 0 Å². The molecular formula is C34H44N4O4S. The minimum Gasteiger partial charge on any atom is -0.494 e. The van der Waals surface area contributed by atoms with E-state index in [4.69, 9.17) is 9.47 Å². The lowest BCUT2D eigenvalue weighted by Crippen LogP contribution is -2.46. The van der Waals surface area contributed by atoms with Crippen molar-refractivity contribution in [1.82, 2.24) is 9.80 Å². The van der Waals surface area contributed by atoms with E-state index < -0.39 is 0 Å². The van der Waals surface area contributed by atoms with Crippen LogP contribution in [-0.4, -0.2) is 87.4 Å². The molecule has 0 aliphatic carbocycles. The van der Waals surface area contributed by atoms with Gasteiger partial charge in [0.25, 0.3) is 0 Å². The number of aryl methyl sites for hydroxylation is 1. The van der Waals surface area contributed by atoms with Gasteiger partial charge in [-0.15, -0.1) is 11.3 Å². The average Bonchev–Trinajstić information content (AvgIpc) is 3.54. The molecular weight excluding hydrogens is 560 g/mol. The lowest BCUT2D eigenvalue weighted by Gasteiger charge is -2.36. The van der Waals surface area contributed by atoms with Gasteiger partial charge in [0.2, 0.25) is 5.91 Å². The molecule has 3 aliphatic heterocycles. The van der Waals surface area contributed by atoms with E-state index in [2.05, 4.69) is 51.3 Å². The molecule has 3 aliphatic rings. The number of unbranched alkanes of at least 4 members (excludes halogenated alkanes) is 1. The van der Waals surface area contributed by atoms with Gasteiger partial charge in [-0.2, -0.15) is 0 Å². The first kappa shape index (κ1) is 29.9. The largest absolute Gasteiger partial charge is 0.494 e. The van der Waals surface area contributed by atoms with Gasteiger partial charge >= 0.3 is 5.97 Å². The van der Waals surface area contributed by atoms with Crippen molar-refractivity contribution in [2.75, 3.05) is 75.5 Å². The normalized spacial score (nSPS) is 18.7. The van der Waals surface area contributed by atoms with E-state index in [9.17, 15) is 9.59 Å². The fraction of sp³-hybridized carbons (Fsp3) is 0.529. The van der Waals surface area contributed by atoms with Crippen molar-refractivity contribution in [3.8, 4) is 5.75 Å². The molecule has 0 bridgehead atoms. The molecule has 43 heavy (non-hydrogen) atoms. The summed E-state index contributed by atoms with van der Waals surface area (Å²) in [4.78, 5) is 34.6. The molecule has 1 aromatic heterocycles. The Hall–Kier alpha value is -3.14. The zero-order valence-corrected chi connectivity index (χ0v) is 26.2. The van der Waals surface area contributed by atoms with Crippen molar-refractivity contribution < 1.29 is 19.1 Å². The number of likely N-dealkylation sites (tertiary alicyclic amines) is 1. The van der Waals surface area contributed by atoms with E-state index in [1.807, 2.05) is 29.5 Å². The number of benzene rings is 2. The van der Waals surface area contributed by atoms with Crippen molar-refractivity contribution >= 4 is 44.7 Å². The molecule has 0 atom stereocenters. The molecule has 0 spiro atoms. The summed E-state index contributed by atoms with van der Waals surface area (Å²) in [5.41, 5.74) is 3.26. The monoisotopic (exact) mass is 604 g/mol. The highest BCUT2D eigenvalue weighted by Crippen LogP contribution is 2.33. The predicted molar refractivity (Wildman–Crippen MR) is 173 cm³/mol. The number of nitrogens with zero attached hydrogens (tertiary/aromatic N) is 4. The van der Waals surface area contributed by atoms with Crippen LogP contribution in [0.2, 0.25) is 0 Å². The number of hydrogen-bond donors (Lipinski definition) is 0. The van der Waals surface area contributed by atoms with Gasteiger partial charge in [-0.05, 0) is 93.5 Å². The third-order valence-corrected chi connectivity index (χ3v) is 10.2. The van der Waals surface area contributed by atoms with Gasteiger partial charge in [0.05, 0.1) is 18.2 Å². The highest BCUT2D eigenvalue weighted by molar-refractivity contribution is 7.17. The Morgan fingerprint density at radius 2 is 1.77 bits per heavy atom. The molecule has 0 N–H and O–H groups in total. The zero-order chi connectivity index (χ0) is 29.6. The Kier molecular flexibility index (Phi) is 9.81. The molecule has 4 heterocycles. The second kappa shape index (κ2) is 14.1. The number of fused-ring (bicyclic) bond motifs is 2. The molecule has 0 unspecified atom stereocenters. The summed E-state index contributed by atoms with van der Waals surface area (Å²) in [6.07, 6.45) is 4.82. The highest BCUT2D eigenvalue weighted by atomic mass is 32.1. The second-order valence-corrected chi connectivity index (χ2v) is 12.9. The highest BCUT2D eigenvalue weighted by Gasteiger charge is 2.29. The lowest BCUT2D eigenvalue weighted by molar-refractivity contribution is -0.150. The van der Waals surface area contributed by atoms with Gasteiger partial charge in [0.1, 0.15) is 5.75 Å². The molecule has 0 saturated carbocycles. The van der Waals surface area contributed by atoms with Crippen molar-refractivity contribution in [3.05, 3.63) is 53.4 Å². The van der Waals surface area contributed by atoms with E-state index >= 15 is 0 Å². The Labute approximate surface area is 259 Å². The van der Waals surface area contributed by atoms with Gasteiger partial charge in [-0.1, -0.05) is 19.1 Å². The van der Waals surface area contributed by atoms with Crippen LogP contribution >= 0.6 is 11.3 Å². The molecule has 3 aromatic rings. The van der Waals surface area contributed by atoms with Crippen LogP contribution in [0.15, 0.2) is 47.8 Å². The Bertz CT molecular complexity index is 1390. The topological polar surface area (TPSA) is 65.6 Å². The van der Waals surface area contributed by atoms with E-state index in [1.54, 1.807) is 4.90 Å². The number of hydrogen-bond acceptors (Lipinski definition) is 8. The maximum atomic E-state index is 12.8. The Morgan fingerprint density at radius 3 is 2.58 bits per heavy atom. The SMILES string of the molecule is CCN1CCC(C(=O)OCN2C(=O)CCc3ccc(OCCCCN4CCN(c5cccc6sccc56)CC4)cc32)CC1. The summed E-state index contributed by atoms with van der Waals surface area (Å²) in [6, 6.07) is 14.8. The van der Waals surface area contributed by atoms with Crippen molar-refractivity contribution in [1.29, 1.82) is 0 Å². The van der Waals surface area contributed by atoms with Crippen LogP contribution < -0.4 is 14.5 Å². The maximum absolute atomic E-state index is 12.8. The van der Waals surface area contributed by atoms with Crippen LogP contribution in [0.25, 0.3) is 10.1 Å². The summed E-state index contributed by atoms with van der Waals surface area (Å²) in [5, 5.41) is 3.55. The number of piperidine rings is 1. The number of thiophene rings is 1. The van der Waals surface area contributed by atoms with Gasteiger partial charge in [0, 0.05) is 54.4 Å². The van der Waals surface area contributed by atoms with Gasteiger partial charge < -0.3 is 19.3 Å². The predicted octanol–water partition coefficient (Wildman–Crippen LogP) is 5.39. The molecule has 0 radical (unpaired) electrons. The molecule has 2 fully saturated rings. The van der Waals surface area contributed by atoms with Crippen LogP contribution in [0, 0.1) is 5.92 Å². The summed E-state index contributed by atoms with van der Waals surface area (Å²) in [5.74, 6) is 0.476. The van der Waals surface area contributed by atoms with Crippen LogP contribution in [0.1, 0.15) is 44.6 Å². The molecule has 230 valence electrons. The number of ether oxygens (including phenoxy) is 2. The first-order valence-corrected chi connectivity index (χ1v) is 16.9. The fourth-order valence-corrected chi connectivity index (χ4v) is 7.38. The van der Waals surface area contributed by atoms with Gasteiger partial charge in [-0.3, -0.25) is 19.4 Å². The molecule has 9 heteroatoms. The Balaban J connectivity index is 0.935. The smallest absolute Gasteiger partial charge is 0.310 e. The summed E-state index contributed by atoms with van der Waals surface area (Å²) in [7, 11) is 0. The first-order valence-electron chi connectivity index (χ1n) is 16.0. The molecule has 2 saturated heterocycles. The maximum Gasteiger partial charge on any atom is 0.310 e. The number of esters is 1. The molecule has 8 nitrogen and oxygen atoms in total.